The summed E-state index contributed by atoms with van der Waals surface area (Å²) in [4.78, 5) is 32.1. The molecule has 1 aliphatic carbocycles. The molecule has 0 saturated heterocycles. The minimum atomic E-state index is -0.534. The predicted molar refractivity (Wildman–Crippen MR) is 155 cm³/mol. The number of alkyl carbamates (subject to hydrolysis) is 1. The Morgan fingerprint density at radius 3 is 2.33 bits per heavy atom. The summed E-state index contributed by atoms with van der Waals surface area (Å²) >= 11 is 0. The van der Waals surface area contributed by atoms with Gasteiger partial charge in [0.05, 0.1) is 11.0 Å². The molecule has 0 radical (unpaired) electrons. The van der Waals surface area contributed by atoms with Crippen LogP contribution in [0.4, 0.5) is 22.2 Å². The van der Waals surface area contributed by atoms with Crippen molar-refractivity contribution in [3.63, 3.8) is 0 Å². The van der Waals surface area contributed by atoms with Gasteiger partial charge in [0.1, 0.15) is 11.8 Å². The molecule has 3 N–H and O–H groups in total. The first kappa shape index (κ1) is 28.8. The van der Waals surface area contributed by atoms with Gasteiger partial charge in [0.2, 0.25) is 11.8 Å². The number of carbonyl (C=O) groups is 1. The number of nitrogens with one attached hydrogen (secondary N) is 3. The number of nitro groups is 1. The number of aromatic nitrogens is 2. The normalized spacial score (nSPS) is 17.9. The van der Waals surface area contributed by atoms with Gasteiger partial charge in [0.25, 0.3) is 0 Å². The monoisotopic (exact) mass is 546 g/mol. The minimum absolute atomic E-state index is 0.0647. The van der Waals surface area contributed by atoms with E-state index in [1.807, 2.05) is 69.3 Å². The molecule has 3 aromatic rings. The summed E-state index contributed by atoms with van der Waals surface area (Å²) in [6.07, 6.45) is 4.96. The molecule has 40 heavy (non-hydrogen) atoms. The Morgan fingerprint density at radius 1 is 1.05 bits per heavy atom. The lowest BCUT2D eigenvalue weighted by molar-refractivity contribution is -0.384. The molecule has 212 valence electrons. The number of amides is 1. The Balaban J connectivity index is 1.40. The van der Waals surface area contributed by atoms with Crippen LogP contribution < -0.4 is 16.0 Å². The van der Waals surface area contributed by atoms with Gasteiger partial charge in [0, 0.05) is 12.6 Å². The molecule has 1 atom stereocenters. The van der Waals surface area contributed by atoms with Gasteiger partial charge < -0.3 is 20.7 Å². The summed E-state index contributed by atoms with van der Waals surface area (Å²) in [6.45, 7) is 6.07. The SMILES string of the molecule is CC(C)(C)OC(=O)NC1CCC(CNc2nc(NC(Cc3ccccc3)c3ccccc3)ncc2[N+](=O)[O-])CC1. The summed E-state index contributed by atoms with van der Waals surface area (Å²) in [5.74, 6) is 0.823. The van der Waals surface area contributed by atoms with Crippen molar-refractivity contribution >= 4 is 23.5 Å². The topological polar surface area (TPSA) is 131 Å². The third kappa shape index (κ3) is 8.65. The van der Waals surface area contributed by atoms with Gasteiger partial charge in [-0.3, -0.25) is 10.1 Å². The molecule has 1 fully saturated rings. The Labute approximate surface area is 235 Å². The molecule has 1 aromatic heterocycles. The third-order valence-electron chi connectivity index (χ3n) is 6.88. The summed E-state index contributed by atoms with van der Waals surface area (Å²) < 4.78 is 5.36. The van der Waals surface area contributed by atoms with Crippen LogP contribution in [0, 0.1) is 16.0 Å². The average molecular weight is 547 g/mol. The Bertz CT molecular complexity index is 1260. The predicted octanol–water partition coefficient (Wildman–Crippen LogP) is 6.28. The van der Waals surface area contributed by atoms with Gasteiger partial charge in [-0.25, -0.2) is 9.78 Å². The molecule has 1 amide bonds. The molecule has 1 saturated carbocycles. The van der Waals surface area contributed by atoms with E-state index in [2.05, 4.69) is 38.1 Å². The first-order chi connectivity index (χ1) is 19.2. The average Bonchev–Trinajstić information content (AvgIpc) is 2.92. The van der Waals surface area contributed by atoms with Crippen molar-refractivity contribution in [3.8, 4) is 0 Å². The van der Waals surface area contributed by atoms with E-state index in [1.165, 1.54) is 6.20 Å². The van der Waals surface area contributed by atoms with E-state index in [1.54, 1.807) is 0 Å². The molecule has 0 bridgehead atoms. The lowest BCUT2D eigenvalue weighted by Gasteiger charge is -2.30. The van der Waals surface area contributed by atoms with E-state index < -0.39 is 16.6 Å². The molecule has 1 aliphatic rings. The van der Waals surface area contributed by atoms with Crippen molar-refractivity contribution in [2.45, 2.75) is 70.6 Å². The Hall–Kier alpha value is -4.21. The molecule has 1 unspecified atom stereocenters. The van der Waals surface area contributed by atoms with Gasteiger partial charge in [-0.15, -0.1) is 0 Å². The fourth-order valence-corrected chi connectivity index (χ4v) is 4.88. The molecule has 10 heteroatoms. The highest BCUT2D eigenvalue weighted by molar-refractivity contribution is 5.68. The molecule has 0 spiro atoms. The van der Waals surface area contributed by atoms with Crippen LogP contribution in [0.15, 0.2) is 66.9 Å². The van der Waals surface area contributed by atoms with Gasteiger partial charge in [0.15, 0.2) is 0 Å². The van der Waals surface area contributed by atoms with Crippen molar-refractivity contribution in [2.75, 3.05) is 17.2 Å². The summed E-state index contributed by atoms with van der Waals surface area (Å²) in [5, 5.41) is 21.3. The fraction of sp³-hybridized carbons (Fsp3) is 0.433. The van der Waals surface area contributed by atoms with Crippen molar-refractivity contribution in [3.05, 3.63) is 88.1 Å². The highest BCUT2D eigenvalue weighted by atomic mass is 16.6. The zero-order valence-electron chi connectivity index (χ0n) is 23.3. The van der Waals surface area contributed by atoms with Crippen molar-refractivity contribution < 1.29 is 14.5 Å². The number of hydrogen-bond acceptors (Lipinski definition) is 8. The smallest absolute Gasteiger partial charge is 0.407 e. The van der Waals surface area contributed by atoms with Gasteiger partial charge >= 0.3 is 11.8 Å². The zero-order valence-corrected chi connectivity index (χ0v) is 23.3. The molecular formula is C30H38N6O4. The number of ether oxygens (including phenoxy) is 1. The van der Waals surface area contributed by atoms with Crippen LogP contribution in [0.25, 0.3) is 0 Å². The summed E-state index contributed by atoms with van der Waals surface area (Å²) in [6, 6.07) is 20.1. The fourth-order valence-electron chi connectivity index (χ4n) is 4.88. The largest absolute Gasteiger partial charge is 0.444 e. The van der Waals surface area contributed by atoms with E-state index in [9.17, 15) is 14.9 Å². The van der Waals surface area contributed by atoms with Crippen LogP contribution >= 0.6 is 0 Å². The summed E-state index contributed by atoms with van der Waals surface area (Å²) in [5.41, 5.74) is 1.53. The maximum absolute atomic E-state index is 12.1. The quantitative estimate of drug-likeness (QED) is 0.200. The Morgan fingerprint density at radius 2 is 1.70 bits per heavy atom. The maximum atomic E-state index is 12.1. The van der Waals surface area contributed by atoms with E-state index in [4.69, 9.17) is 4.74 Å². The minimum Gasteiger partial charge on any atom is -0.444 e. The molecule has 2 aromatic carbocycles. The Kier molecular flexibility index (Phi) is 9.52. The van der Waals surface area contributed by atoms with E-state index >= 15 is 0 Å². The third-order valence-corrected chi connectivity index (χ3v) is 6.88. The van der Waals surface area contributed by atoms with Crippen LogP contribution in [0.1, 0.15) is 63.6 Å². The first-order valence-corrected chi connectivity index (χ1v) is 13.8. The van der Waals surface area contributed by atoms with Crippen molar-refractivity contribution in [1.82, 2.24) is 15.3 Å². The standard InChI is InChI=1S/C30H38N6O4/c1-30(2,3)40-29(37)33-24-16-14-22(15-17-24)19-31-27-26(36(38)39)20-32-28(35-27)34-25(23-12-8-5-9-13-23)18-21-10-6-4-7-11-21/h4-13,20,22,24-25H,14-19H2,1-3H3,(H,33,37)(H2,31,32,34,35). The zero-order chi connectivity index (χ0) is 28.5. The highest BCUT2D eigenvalue weighted by Crippen LogP contribution is 2.29. The van der Waals surface area contributed by atoms with E-state index in [0.29, 0.717) is 24.8 Å². The number of anilines is 2. The molecular weight excluding hydrogens is 508 g/mol. The van der Waals surface area contributed by atoms with Crippen molar-refractivity contribution in [2.24, 2.45) is 5.92 Å². The molecule has 4 rings (SSSR count). The number of nitrogens with zero attached hydrogens (tertiary/aromatic N) is 3. The van der Waals surface area contributed by atoms with Crippen LogP contribution in [0.3, 0.4) is 0 Å². The lowest BCUT2D eigenvalue weighted by atomic mass is 9.86. The van der Waals surface area contributed by atoms with Gasteiger partial charge in [-0.2, -0.15) is 4.98 Å². The molecule has 0 aliphatic heterocycles. The van der Waals surface area contributed by atoms with Crippen LogP contribution in [-0.4, -0.2) is 39.2 Å². The number of rotatable bonds is 10. The van der Waals surface area contributed by atoms with E-state index in [0.717, 1.165) is 36.8 Å². The maximum Gasteiger partial charge on any atom is 0.407 e. The first-order valence-electron chi connectivity index (χ1n) is 13.8. The van der Waals surface area contributed by atoms with Crippen LogP contribution in [0.5, 0.6) is 0 Å². The van der Waals surface area contributed by atoms with Crippen molar-refractivity contribution in [1.29, 1.82) is 0 Å². The molecule has 1 heterocycles. The molecule has 10 nitrogen and oxygen atoms in total. The lowest BCUT2D eigenvalue weighted by Crippen LogP contribution is -2.41. The van der Waals surface area contributed by atoms with Gasteiger partial charge in [-0.1, -0.05) is 60.7 Å². The van der Waals surface area contributed by atoms with E-state index in [-0.39, 0.29) is 23.6 Å². The number of hydrogen-bond donors (Lipinski definition) is 3. The second kappa shape index (κ2) is 13.2. The van der Waals surface area contributed by atoms with Gasteiger partial charge in [-0.05, 0) is 69.9 Å². The second-order valence-corrected chi connectivity index (χ2v) is 11.2. The van der Waals surface area contributed by atoms with Crippen LogP contribution in [0.2, 0.25) is 0 Å². The van der Waals surface area contributed by atoms with Crippen LogP contribution in [-0.2, 0) is 11.2 Å². The second-order valence-electron chi connectivity index (χ2n) is 11.2. The number of carbonyl (C=O) groups excluding carboxylic acids is 1. The summed E-state index contributed by atoms with van der Waals surface area (Å²) in [7, 11) is 0. The number of benzene rings is 2. The highest BCUT2D eigenvalue weighted by Gasteiger charge is 2.26.